The average molecular weight is 432 g/mol. The van der Waals surface area contributed by atoms with Gasteiger partial charge in [-0.1, -0.05) is 25.5 Å². The highest BCUT2D eigenvalue weighted by Crippen LogP contribution is 2.29. The number of carbonyl (C=O) groups excluding carboxylic acids is 1. The van der Waals surface area contributed by atoms with E-state index in [0.717, 1.165) is 22.7 Å². The van der Waals surface area contributed by atoms with Gasteiger partial charge in [0.1, 0.15) is 0 Å². The number of allylic oxidation sites excluding steroid dienone is 1. The minimum atomic E-state index is -3.52. The molecule has 0 bridgehead atoms. The standard InChI is InChI=1S/C23H29NO5S/c1-5-7-16-29-22-15-9-18(17-23(22)28-6-2)8-14-21(25)19-10-12-20(13-11-19)30(26,27)24(3)4/h8-15,17H,5-7,16H2,1-4H3. The highest BCUT2D eigenvalue weighted by atomic mass is 32.2. The summed E-state index contributed by atoms with van der Waals surface area (Å²) in [7, 11) is -0.587. The van der Waals surface area contributed by atoms with Crippen LogP contribution in [0.1, 0.15) is 42.6 Å². The predicted molar refractivity (Wildman–Crippen MR) is 119 cm³/mol. The molecule has 2 rings (SSSR count). The van der Waals surface area contributed by atoms with Crippen LogP contribution in [0.2, 0.25) is 0 Å². The number of rotatable bonds is 11. The van der Waals surface area contributed by atoms with E-state index in [1.807, 2.05) is 25.1 Å². The Balaban J connectivity index is 2.14. The maximum atomic E-state index is 12.5. The monoisotopic (exact) mass is 431 g/mol. The lowest BCUT2D eigenvalue weighted by atomic mass is 10.1. The Labute approximate surface area is 179 Å². The zero-order chi connectivity index (χ0) is 22.1. The van der Waals surface area contributed by atoms with Crippen LogP contribution >= 0.6 is 0 Å². The molecule has 0 aliphatic carbocycles. The van der Waals surface area contributed by atoms with Crippen molar-refractivity contribution in [2.75, 3.05) is 27.3 Å². The Bertz CT molecular complexity index is 979. The molecular weight excluding hydrogens is 402 g/mol. The Hall–Kier alpha value is -2.64. The second kappa shape index (κ2) is 10.9. The third-order valence-corrected chi connectivity index (χ3v) is 6.20. The van der Waals surface area contributed by atoms with E-state index in [4.69, 9.17) is 9.47 Å². The summed E-state index contributed by atoms with van der Waals surface area (Å²) in [4.78, 5) is 12.6. The van der Waals surface area contributed by atoms with Crippen molar-refractivity contribution in [1.29, 1.82) is 0 Å². The first-order valence-electron chi connectivity index (χ1n) is 9.94. The van der Waals surface area contributed by atoms with Gasteiger partial charge in [0.05, 0.1) is 18.1 Å². The predicted octanol–water partition coefficient (Wildman–Crippen LogP) is 4.41. The van der Waals surface area contributed by atoms with E-state index in [-0.39, 0.29) is 10.7 Å². The van der Waals surface area contributed by atoms with Gasteiger partial charge in [-0.2, -0.15) is 0 Å². The van der Waals surface area contributed by atoms with Gasteiger partial charge < -0.3 is 9.47 Å². The van der Waals surface area contributed by atoms with Crippen molar-refractivity contribution < 1.29 is 22.7 Å². The van der Waals surface area contributed by atoms with Gasteiger partial charge in [-0.05, 0) is 61.4 Å². The molecule has 0 amide bonds. The summed E-state index contributed by atoms with van der Waals surface area (Å²) in [5, 5.41) is 0. The second-order valence-corrected chi connectivity index (χ2v) is 9.00. The molecule has 0 radical (unpaired) electrons. The fraction of sp³-hybridized carbons (Fsp3) is 0.348. The molecule has 2 aromatic rings. The summed E-state index contributed by atoms with van der Waals surface area (Å²) in [5.74, 6) is 1.11. The number of hydrogen-bond acceptors (Lipinski definition) is 5. The topological polar surface area (TPSA) is 72.9 Å². The Morgan fingerprint density at radius 3 is 2.30 bits per heavy atom. The number of carbonyl (C=O) groups is 1. The molecule has 162 valence electrons. The van der Waals surface area contributed by atoms with Crippen molar-refractivity contribution in [3.8, 4) is 11.5 Å². The van der Waals surface area contributed by atoms with E-state index in [9.17, 15) is 13.2 Å². The SMILES string of the molecule is CCCCOc1ccc(C=CC(=O)c2ccc(S(=O)(=O)N(C)C)cc2)cc1OCC. The van der Waals surface area contributed by atoms with Crippen LogP contribution in [0.15, 0.2) is 53.4 Å². The first kappa shape index (κ1) is 23.6. The smallest absolute Gasteiger partial charge is 0.242 e. The molecule has 0 fully saturated rings. The molecule has 0 saturated carbocycles. The largest absolute Gasteiger partial charge is 0.490 e. The fourth-order valence-corrected chi connectivity index (χ4v) is 3.51. The zero-order valence-electron chi connectivity index (χ0n) is 17.9. The van der Waals surface area contributed by atoms with Crippen molar-refractivity contribution >= 4 is 21.9 Å². The quantitative estimate of drug-likeness (QED) is 0.299. The van der Waals surface area contributed by atoms with Crippen molar-refractivity contribution in [3.05, 3.63) is 59.7 Å². The highest BCUT2D eigenvalue weighted by molar-refractivity contribution is 7.89. The van der Waals surface area contributed by atoms with Crippen LogP contribution in [0, 0.1) is 0 Å². The van der Waals surface area contributed by atoms with E-state index in [1.165, 1.54) is 44.4 Å². The molecule has 7 heteroatoms. The van der Waals surface area contributed by atoms with Gasteiger partial charge >= 0.3 is 0 Å². The molecular formula is C23H29NO5S. The van der Waals surface area contributed by atoms with Gasteiger partial charge in [0, 0.05) is 19.7 Å². The van der Waals surface area contributed by atoms with Crippen molar-refractivity contribution in [2.24, 2.45) is 0 Å². The van der Waals surface area contributed by atoms with Crippen LogP contribution in [0.4, 0.5) is 0 Å². The molecule has 6 nitrogen and oxygen atoms in total. The van der Waals surface area contributed by atoms with Crippen LogP contribution in [-0.2, 0) is 10.0 Å². The van der Waals surface area contributed by atoms with Gasteiger partial charge in [0.2, 0.25) is 10.0 Å². The number of sulfonamides is 1. The first-order chi connectivity index (χ1) is 14.3. The molecule has 0 heterocycles. The van der Waals surface area contributed by atoms with Gasteiger partial charge in [-0.15, -0.1) is 0 Å². The van der Waals surface area contributed by atoms with Crippen LogP contribution in [0.5, 0.6) is 11.5 Å². The molecule has 30 heavy (non-hydrogen) atoms. The Kier molecular flexibility index (Phi) is 8.62. The normalized spacial score (nSPS) is 11.8. The molecule has 0 unspecified atom stereocenters. The molecule has 0 N–H and O–H groups in total. The molecule has 0 saturated heterocycles. The van der Waals surface area contributed by atoms with Crippen LogP contribution in [-0.4, -0.2) is 45.8 Å². The van der Waals surface area contributed by atoms with Gasteiger partial charge in [0.15, 0.2) is 17.3 Å². The van der Waals surface area contributed by atoms with E-state index in [0.29, 0.717) is 30.3 Å². The summed E-state index contributed by atoms with van der Waals surface area (Å²) in [5.41, 5.74) is 1.22. The zero-order valence-corrected chi connectivity index (χ0v) is 18.7. The maximum Gasteiger partial charge on any atom is 0.242 e. The Morgan fingerprint density at radius 2 is 1.70 bits per heavy atom. The highest BCUT2D eigenvalue weighted by Gasteiger charge is 2.17. The van der Waals surface area contributed by atoms with E-state index < -0.39 is 10.0 Å². The van der Waals surface area contributed by atoms with Crippen molar-refractivity contribution in [3.63, 3.8) is 0 Å². The number of hydrogen-bond donors (Lipinski definition) is 0. The molecule has 0 spiro atoms. The lowest BCUT2D eigenvalue weighted by Gasteiger charge is -2.12. The van der Waals surface area contributed by atoms with Crippen LogP contribution in [0.25, 0.3) is 6.08 Å². The lowest BCUT2D eigenvalue weighted by Crippen LogP contribution is -2.22. The third-order valence-electron chi connectivity index (χ3n) is 4.37. The number of benzene rings is 2. The number of ketones is 1. The minimum absolute atomic E-state index is 0.146. The molecule has 2 aromatic carbocycles. The van der Waals surface area contributed by atoms with E-state index in [2.05, 4.69) is 6.92 Å². The van der Waals surface area contributed by atoms with Crippen LogP contribution in [0.3, 0.4) is 0 Å². The third kappa shape index (κ3) is 6.18. The lowest BCUT2D eigenvalue weighted by molar-refractivity contribution is 0.104. The van der Waals surface area contributed by atoms with Gasteiger partial charge in [-0.25, -0.2) is 12.7 Å². The number of unbranched alkanes of at least 4 members (excludes halogenated alkanes) is 1. The number of nitrogens with zero attached hydrogens (tertiary/aromatic N) is 1. The molecule has 0 aliphatic rings. The molecule has 0 aliphatic heterocycles. The van der Waals surface area contributed by atoms with Gasteiger partial charge in [0.25, 0.3) is 0 Å². The fourth-order valence-electron chi connectivity index (χ4n) is 2.61. The van der Waals surface area contributed by atoms with E-state index in [1.54, 1.807) is 6.08 Å². The Morgan fingerprint density at radius 1 is 1.00 bits per heavy atom. The summed E-state index contributed by atoms with van der Waals surface area (Å²) >= 11 is 0. The van der Waals surface area contributed by atoms with E-state index >= 15 is 0 Å². The summed E-state index contributed by atoms with van der Waals surface area (Å²) in [6, 6.07) is 11.4. The van der Waals surface area contributed by atoms with Crippen LogP contribution < -0.4 is 9.47 Å². The van der Waals surface area contributed by atoms with Crippen molar-refractivity contribution in [2.45, 2.75) is 31.6 Å². The van der Waals surface area contributed by atoms with Gasteiger partial charge in [-0.3, -0.25) is 4.79 Å². The minimum Gasteiger partial charge on any atom is -0.490 e. The summed E-state index contributed by atoms with van der Waals surface area (Å²) in [6.07, 6.45) is 5.18. The molecule has 0 atom stereocenters. The number of ether oxygens (including phenoxy) is 2. The summed E-state index contributed by atoms with van der Waals surface area (Å²) in [6.45, 7) is 5.15. The van der Waals surface area contributed by atoms with Crippen molar-refractivity contribution in [1.82, 2.24) is 4.31 Å². The maximum absolute atomic E-state index is 12.5. The summed E-state index contributed by atoms with van der Waals surface area (Å²) < 4.78 is 36.8. The first-order valence-corrected chi connectivity index (χ1v) is 11.4. The molecule has 0 aromatic heterocycles. The average Bonchev–Trinajstić information content (AvgIpc) is 2.73. The second-order valence-electron chi connectivity index (χ2n) is 6.85.